The van der Waals surface area contributed by atoms with Crippen molar-refractivity contribution >= 4 is 39.6 Å². The normalized spacial score (nSPS) is 11.7. The largest absolute Gasteiger partial charge is 0.480 e. The summed E-state index contributed by atoms with van der Waals surface area (Å²) in [6.45, 7) is 5.10. The van der Waals surface area contributed by atoms with Crippen molar-refractivity contribution in [1.29, 1.82) is 0 Å². The van der Waals surface area contributed by atoms with Crippen molar-refractivity contribution in [1.82, 2.24) is 19.9 Å². The first-order chi connectivity index (χ1) is 14.9. The van der Waals surface area contributed by atoms with E-state index < -0.39 is 24.0 Å². The van der Waals surface area contributed by atoms with Gasteiger partial charge in [0.25, 0.3) is 12.3 Å². The van der Waals surface area contributed by atoms with Gasteiger partial charge in [-0.3, -0.25) is 4.72 Å². The fraction of sp³-hybridized carbons (Fsp3) is 0.421. The highest BCUT2D eigenvalue weighted by atomic mass is 35.5. The number of H-pyrrole nitrogens is 1. The average Bonchev–Trinajstić information content (AvgIpc) is 3.17. The number of pyridine rings is 1. The summed E-state index contributed by atoms with van der Waals surface area (Å²) < 4.78 is 50.9. The van der Waals surface area contributed by atoms with Gasteiger partial charge in [0.15, 0.2) is 11.0 Å². The Hall–Kier alpha value is -2.53. The highest BCUT2D eigenvalue weighted by Crippen LogP contribution is 2.31. The van der Waals surface area contributed by atoms with Crippen LogP contribution < -0.4 is 14.2 Å². The van der Waals surface area contributed by atoms with Crippen molar-refractivity contribution in [3.8, 4) is 11.6 Å². The van der Waals surface area contributed by atoms with Crippen LogP contribution in [0.1, 0.15) is 32.9 Å². The summed E-state index contributed by atoms with van der Waals surface area (Å²) in [7, 11) is -0.394. The number of anilines is 1. The third-order valence-electron chi connectivity index (χ3n) is 3.79. The molecule has 1 atom stereocenters. The Morgan fingerprint density at radius 3 is 2.65 bits per heavy atom. The molecule has 0 aliphatic rings. The molecule has 2 N–H and O–H groups in total. The molecule has 3 rings (SSSR count). The Balaban J connectivity index is 0.00000166. The van der Waals surface area contributed by atoms with Crippen molar-refractivity contribution in [2.24, 2.45) is 0 Å². The molecule has 3 heterocycles. The number of nitrogens with zero attached hydrogens (tertiary/aromatic N) is 3. The van der Waals surface area contributed by atoms with Crippen LogP contribution in [0.3, 0.4) is 0 Å². The number of hydrogen-bond donors (Lipinski definition) is 2. The highest BCUT2D eigenvalue weighted by molar-refractivity contribution is 7.86. The minimum Gasteiger partial charge on any atom is -0.480 e. The van der Waals surface area contributed by atoms with Gasteiger partial charge in [0.05, 0.1) is 17.7 Å². The van der Waals surface area contributed by atoms with Crippen molar-refractivity contribution < 1.29 is 22.5 Å². The summed E-state index contributed by atoms with van der Waals surface area (Å²) in [4.78, 5) is 15.8. The number of rotatable bonds is 9. The highest BCUT2D eigenvalue weighted by Gasteiger charge is 2.20. The lowest BCUT2D eigenvalue weighted by atomic mass is 10.2. The Morgan fingerprint density at radius 2 is 2.00 bits per heavy atom. The van der Waals surface area contributed by atoms with Gasteiger partial charge in [0.2, 0.25) is 11.7 Å². The Labute approximate surface area is 186 Å². The van der Waals surface area contributed by atoms with E-state index in [2.05, 4.69) is 24.7 Å². The van der Waals surface area contributed by atoms with Gasteiger partial charge in [0.1, 0.15) is 17.4 Å². The Bertz CT molecular complexity index is 1040. The molecule has 31 heavy (non-hydrogen) atoms. The number of fused-ring (bicyclic) bond motifs is 1. The lowest BCUT2D eigenvalue weighted by Crippen LogP contribution is -2.14. The maximum absolute atomic E-state index is 12.8. The van der Waals surface area contributed by atoms with Gasteiger partial charge >= 0.3 is 0 Å². The lowest BCUT2D eigenvalue weighted by Gasteiger charge is -2.15. The van der Waals surface area contributed by atoms with Gasteiger partial charge in [0, 0.05) is 11.6 Å². The number of nitrogens with one attached hydrogen (secondary N) is 2. The number of aryl methyl sites for hydroxylation is 1. The fourth-order valence-corrected chi connectivity index (χ4v) is 3.65. The van der Waals surface area contributed by atoms with E-state index in [1.807, 2.05) is 20.8 Å². The van der Waals surface area contributed by atoms with Crippen LogP contribution in [-0.4, -0.2) is 44.3 Å². The Kier molecular flexibility index (Phi) is 9.38. The minimum atomic E-state index is -2.65. The van der Waals surface area contributed by atoms with Crippen molar-refractivity contribution in [3.63, 3.8) is 0 Å². The van der Waals surface area contributed by atoms with Crippen LogP contribution >= 0.6 is 11.6 Å². The predicted octanol–water partition coefficient (Wildman–Crippen LogP) is 4.77. The maximum Gasteiger partial charge on any atom is 0.272 e. The number of halogens is 3. The monoisotopic (exact) mass is 475 g/mol. The number of hydrogen-bond acceptors (Lipinski definition) is 6. The molecule has 0 saturated carbocycles. The molecule has 0 amide bonds. The number of methoxy groups -OCH3 is 1. The van der Waals surface area contributed by atoms with E-state index in [9.17, 15) is 13.0 Å². The number of aromatic nitrogens is 4. The molecule has 0 aliphatic carbocycles. The molecule has 3 aromatic heterocycles. The summed E-state index contributed by atoms with van der Waals surface area (Å²) in [5.41, 5.74) is 0.871. The molecule has 12 heteroatoms. The van der Waals surface area contributed by atoms with Crippen LogP contribution in [-0.2, 0) is 17.4 Å². The second-order valence-electron chi connectivity index (χ2n) is 5.84. The van der Waals surface area contributed by atoms with Crippen molar-refractivity contribution in [2.45, 2.75) is 44.9 Å². The van der Waals surface area contributed by atoms with Crippen LogP contribution in [0.4, 0.5) is 14.7 Å². The van der Waals surface area contributed by atoms with E-state index in [-0.39, 0.29) is 17.6 Å². The zero-order chi connectivity index (χ0) is 23.0. The zero-order valence-electron chi connectivity index (χ0n) is 17.5. The van der Waals surface area contributed by atoms with Gasteiger partial charge in [-0.1, -0.05) is 38.8 Å². The van der Waals surface area contributed by atoms with Gasteiger partial charge < -0.3 is 14.5 Å². The van der Waals surface area contributed by atoms with Crippen molar-refractivity contribution in [3.05, 3.63) is 29.2 Å². The third kappa shape index (κ3) is 6.23. The quantitative estimate of drug-likeness (QED) is 0.432. The number of aromatic amines is 1. The predicted molar refractivity (Wildman–Crippen MR) is 117 cm³/mol. The van der Waals surface area contributed by atoms with Crippen LogP contribution in [0.2, 0.25) is 5.15 Å². The standard InChI is InChI=1S/C17H18ClF2N5O3S.C2H6/c1-3-4-10-14(28-8-13(19)20)16(27-2)24-17(22-10)25-29(26)11-7-21-15-9(11)5-6-12(18)23-15;1-2/h5-7,13H,3-4,8H2,1-2H3,(H,21,23)(H,22,24,25);1-2H3. The molecule has 0 aliphatic heterocycles. The van der Waals surface area contributed by atoms with E-state index in [4.69, 9.17) is 21.1 Å². The molecule has 8 nitrogen and oxygen atoms in total. The van der Waals surface area contributed by atoms with E-state index in [1.54, 1.807) is 18.3 Å². The summed E-state index contributed by atoms with van der Waals surface area (Å²) >= 11 is 5.86. The van der Waals surface area contributed by atoms with Crippen LogP contribution in [0.15, 0.2) is 23.2 Å². The second-order valence-corrected chi connectivity index (χ2v) is 7.41. The SMILES string of the molecule is CC.CCCc1nc(NS(=O)c2c[nH]c3nc(Cl)ccc23)nc(OC)c1OCC(F)F. The van der Waals surface area contributed by atoms with Crippen LogP contribution in [0, 0.1) is 0 Å². The second kappa shape index (κ2) is 11.8. The Morgan fingerprint density at radius 1 is 1.26 bits per heavy atom. The van der Waals surface area contributed by atoms with Crippen molar-refractivity contribution in [2.75, 3.05) is 18.4 Å². The van der Waals surface area contributed by atoms with Crippen LogP contribution in [0.5, 0.6) is 11.6 Å². The average molecular weight is 476 g/mol. The molecule has 0 radical (unpaired) electrons. The molecule has 0 bridgehead atoms. The molecule has 0 saturated heterocycles. The van der Waals surface area contributed by atoms with E-state index in [0.717, 1.165) is 0 Å². The smallest absolute Gasteiger partial charge is 0.272 e. The van der Waals surface area contributed by atoms with Gasteiger partial charge in [-0.25, -0.2) is 23.0 Å². The first-order valence-electron chi connectivity index (χ1n) is 9.60. The molecule has 3 aromatic rings. The van der Waals surface area contributed by atoms with Gasteiger partial charge in [-0.05, 0) is 18.6 Å². The molecule has 0 fully saturated rings. The van der Waals surface area contributed by atoms with Crippen LogP contribution in [0.25, 0.3) is 11.0 Å². The lowest BCUT2D eigenvalue weighted by molar-refractivity contribution is 0.0793. The van der Waals surface area contributed by atoms with E-state index in [1.165, 1.54) is 7.11 Å². The van der Waals surface area contributed by atoms with E-state index >= 15 is 0 Å². The summed E-state index contributed by atoms with van der Waals surface area (Å²) in [6.07, 6.45) is 0.0154. The maximum atomic E-state index is 12.8. The summed E-state index contributed by atoms with van der Waals surface area (Å²) in [5, 5.41) is 0.930. The van der Waals surface area contributed by atoms with E-state index in [0.29, 0.717) is 39.6 Å². The first kappa shape index (κ1) is 24.7. The molecular weight excluding hydrogens is 452 g/mol. The molecule has 0 spiro atoms. The summed E-state index contributed by atoms with van der Waals surface area (Å²) in [6, 6.07) is 3.29. The van der Waals surface area contributed by atoms with Gasteiger partial charge in [-0.2, -0.15) is 4.98 Å². The third-order valence-corrected chi connectivity index (χ3v) is 5.10. The summed E-state index contributed by atoms with van der Waals surface area (Å²) in [5.74, 6) is 0.0530. The topological polar surface area (TPSA) is 102 Å². The zero-order valence-corrected chi connectivity index (χ0v) is 19.1. The molecular formula is C19H24ClF2N5O3S. The molecule has 0 aromatic carbocycles. The molecule has 1 unspecified atom stereocenters. The first-order valence-corrected chi connectivity index (χ1v) is 11.1. The number of ether oxygens (including phenoxy) is 2. The van der Waals surface area contributed by atoms with Gasteiger partial charge in [-0.15, -0.1) is 0 Å². The minimum absolute atomic E-state index is 0.0176. The number of alkyl halides is 2. The fourth-order valence-electron chi connectivity index (χ4n) is 2.60. The molecule has 170 valence electrons.